The van der Waals surface area contributed by atoms with Crippen molar-refractivity contribution in [1.29, 1.82) is 0 Å². The summed E-state index contributed by atoms with van der Waals surface area (Å²) >= 11 is 0. The van der Waals surface area contributed by atoms with Crippen molar-refractivity contribution in [2.45, 2.75) is 26.0 Å². The second-order valence-corrected chi connectivity index (χ2v) is 4.80. The van der Waals surface area contributed by atoms with Gasteiger partial charge in [-0.05, 0) is 26.0 Å². The van der Waals surface area contributed by atoms with Gasteiger partial charge in [0.15, 0.2) is 0 Å². The molecule has 2 heterocycles. The zero-order chi connectivity index (χ0) is 13.0. The van der Waals surface area contributed by atoms with Crippen LogP contribution in [0, 0.1) is 0 Å². The highest BCUT2D eigenvalue weighted by molar-refractivity contribution is 5.92. The quantitative estimate of drug-likeness (QED) is 0.832. The van der Waals surface area contributed by atoms with Crippen molar-refractivity contribution in [3.05, 3.63) is 24.0 Å². The van der Waals surface area contributed by atoms with Crippen LogP contribution < -0.4 is 10.6 Å². The van der Waals surface area contributed by atoms with Crippen LogP contribution in [0.25, 0.3) is 0 Å². The van der Waals surface area contributed by atoms with Gasteiger partial charge in [-0.1, -0.05) is 0 Å². The lowest BCUT2D eigenvalue weighted by atomic mass is 10.3. The van der Waals surface area contributed by atoms with Crippen molar-refractivity contribution in [2.75, 3.05) is 26.2 Å². The van der Waals surface area contributed by atoms with Crippen LogP contribution in [-0.4, -0.2) is 42.8 Å². The summed E-state index contributed by atoms with van der Waals surface area (Å²) in [4.78, 5) is 12.1. The van der Waals surface area contributed by atoms with Gasteiger partial charge in [-0.25, -0.2) is 0 Å². The molecule has 1 fully saturated rings. The maximum absolute atomic E-state index is 12.1. The number of amides is 1. The van der Waals surface area contributed by atoms with E-state index in [2.05, 4.69) is 24.5 Å². The molecule has 1 unspecified atom stereocenters. The summed E-state index contributed by atoms with van der Waals surface area (Å²) in [5.41, 5.74) is 0.703. The fourth-order valence-electron chi connectivity index (χ4n) is 2.08. The molecule has 1 aliphatic rings. The molecule has 1 aliphatic heterocycles. The average Bonchev–Trinajstić information content (AvgIpc) is 2.86. The van der Waals surface area contributed by atoms with Crippen LogP contribution in [0.1, 0.15) is 30.4 Å². The van der Waals surface area contributed by atoms with Gasteiger partial charge in [0, 0.05) is 31.9 Å². The molecule has 2 N–H and O–H groups in total. The third kappa shape index (κ3) is 3.11. The molecule has 18 heavy (non-hydrogen) atoms. The highest BCUT2D eigenvalue weighted by atomic mass is 16.5. The summed E-state index contributed by atoms with van der Waals surface area (Å²) in [6.07, 6.45) is 2.00. The molecule has 1 aromatic rings. The van der Waals surface area contributed by atoms with Crippen molar-refractivity contribution < 1.29 is 9.53 Å². The van der Waals surface area contributed by atoms with E-state index in [0.717, 1.165) is 13.1 Å². The molecule has 1 aromatic heterocycles. The Labute approximate surface area is 108 Å². The molecule has 1 atom stereocenters. The molecule has 0 aliphatic carbocycles. The number of aromatic nitrogens is 1. The van der Waals surface area contributed by atoms with Gasteiger partial charge in [-0.3, -0.25) is 4.79 Å². The number of hydrogen-bond acceptors (Lipinski definition) is 3. The van der Waals surface area contributed by atoms with Crippen LogP contribution in [0.3, 0.4) is 0 Å². The molecule has 0 saturated carbocycles. The molecule has 5 nitrogen and oxygen atoms in total. The van der Waals surface area contributed by atoms with E-state index < -0.39 is 0 Å². The molecule has 1 saturated heterocycles. The number of rotatable bonds is 4. The summed E-state index contributed by atoms with van der Waals surface area (Å²) < 4.78 is 7.51. The SMILES string of the molecule is CC(C)n1cccc1C(=O)NCC1CNCCO1. The Bertz CT molecular complexity index is 395. The Kier molecular flexibility index (Phi) is 4.38. The number of morpholine rings is 1. The molecule has 0 spiro atoms. The normalized spacial score (nSPS) is 20.1. The number of hydrogen-bond donors (Lipinski definition) is 2. The monoisotopic (exact) mass is 251 g/mol. The number of nitrogens with zero attached hydrogens (tertiary/aromatic N) is 1. The van der Waals surface area contributed by atoms with Crippen LogP contribution in [-0.2, 0) is 4.74 Å². The largest absolute Gasteiger partial charge is 0.374 e. The summed E-state index contributed by atoms with van der Waals surface area (Å²) in [5, 5.41) is 6.17. The van der Waals surface area contributed by atoms with Gasteiger partial charge in [0.2, 0.25) is 0 Å². The average molecular weight is 251 g/mol. The van der Waals surface area contributed by atoms with E-state index in [1.54, 1.807) is 0 Å². The van der Waals surface area contributed by atoms with Crippen molar-refractivity contribution in [2.24, 2.45) is 0 Å². The first-order valence-corrected chi connectivity index (χ1v) is 6.46. The van der Waals surface area contributed by atoms with Crippen LogP contribution in [0.4, 0.5) is 0 Å². The van der Waals surface area contributed by atoms with Crippen molar-refractivity contribution in [1.82, 2.24) is 15.2 Å². The Hall–Kier alpha value is -1.33. The van der Waals surface area contributed by atoms with Crippen LogP contribution >= 0.6 is 0 Å². The second kappa shape index (κ2) is 6.02. The third-order valence-electron chi connectivity index (χ3n) is 3.06. The standard InChI is InChI=1S/C13H21N3O2/c1-10(2)16-6-3-4-12(16)13(17)15-9-11-8-14-5-7-18-11/h3-4,6,10-11,14H,5,7-9H2,1-2H3,(H,15,17). The summed E-state index contributed by atoms with van der Waals surface area (Å²) in [6, 6.07) is 4.02. The number of nitrogens with one attached hydrogen (secondary N) is 2. The topological polar surface area (TPSA) is 55.3 Å². The Morgan fingerprint density at radius 2 is 2.50 bits per heavy atom. The minimum atomic E-state index is -0.0390. The highest BCUT2D eigenvalue weighted by Crippen LogP contribution is 2.10. The predicted molar refractivity (Wildman–Crippen MR) is 69.8 cm³/mol. The Morgan fingerprint density at radius 3 is 3.17 bits per heavy atom. The fraction of sp³-hybridized carbons (Fsp3) is 0.615. The molecular weight excluding hydrogens is 230 g/mol. The molecule has 5 heteroatoms. The Morgan fingerprint density at radius 1 is 1.67 bits per heavy atom. The zero-order valence-corrected chi connectivity index (χ0v) is 11.0. The Balaban J connectivity index is 1.89. The van der Waals surface area contributed by atoms with E-state index in [1.807, 2.05) is 22.9 Å². The lowest BCUT2D eigenvalue weighted by molar-refractivity contribution is 0.0286. The highest BCUT2D eigenvalue weighted by Gasteiger charge is 2.17. The lowest BCUT2D eigenvalue weighted by Gasteiger charge is -2.24. The van der Waals surface area contributed by atoms with E-state index in [-0.39, 0.29) is 18.1 Å². The van der Waals surface area contributed by atoms with Gasteiger partial charge in [0.1, 0.15) is 5.69 Å². The summed E-state index contributed by atoms with van der Waals surface area (Å²) in [7, 11) is 0. The van der Waals surface area contributed by atoms with Gasteiger partial charge in [-0.15, -0.1) is 0 Å². The van der Waals surface area contributed by atoms with E-state index >= 15 is 0 Å². The maximum atomic E-state index is 12.1. The fourth-order valence-corrected chi connectivity index (χ4v) is 2.08. The minimum absolute atomic E-state index is 0.0390. The van der Waals surface area contributed by atoms with Crippen molar-refractivity contribution in [3.63, 3.8) is 0 Å². The van der Waals surface area contributed by atoms with Crippen molar-refractivity contribution in [3.8, 4) is 0 Å². The minimum Gasteiger partial charge on any atom is -0.374 e. The molecular formula is C13H21N3O2. The molecule has 0 radical (unpaired) electrons. The van der Waals surface area contributed by atoms with Crippen LogP contribution in [0.2, 0.25) is 0 Å². The molecule has 2 rings (SSSR count). The van der Waals surface area contributed by atoms with E-state index in [4.69, 9.17) is 4.74 Å². The number of carbonyl (C=O) groups excluding carboxylic acids is 1. The van der Waals surface area contributed by atoms with E-state index in [0.29, 0.717) is 18.8 Å². The van der Waals surface area contributed by atoms with Crippen LogP contribution in [0.15, 0.2) is 18.3 Å². The number of carbonyl (C=O) groups is 1. The predicted octanol–water partition coefficient (Wildman–Crippen LogP) is 0.787. The second-order valence-electron chi connectivity index (χ2n) is 4.80. The summed E-state index contributed by atoms with van der Waals surface area (Å²) in [6.45, 7) is 7.07. The first kappa shape index (κ1) is 13.1. The number of ether oxygens (including phenoxy) is 1. The third-order valence-corrected chi connectivity index (χ3v) is 3.06. The lowest BCUT2D eigenvalue weighted by Crippen LogP contribution is -2.45. The maximum Gasteiger partial charge on any atom is 0.268 e. The van der Waals surface area contributed by atoms with Gasteiger partial charge in [-0.2, -0.15) is 0 Å². The van der Waals surface area contributed by atoms with E-state index in [9.17, 15) is 4.79 Å². The molecule has 1 amide bonds. The van der Waals surface area contributed by atoms with Gasteiger partial charge in [0.05, 0.1) is 12.7 Å². The zero-order valence-electron chi connectivity index (χ0n) is 11.0. The van der Waals surface area contributed by atoms with Gasteiger partial charge < -0.3 is 19.9 Å². The molecule has 0 bridgehead atoms. The van der Waals surface area contributed by atoms with Crippen molar-refractivity contribution >= 4 is 5.91 Å². The van der Waals surface area contributed by atoms with E-state index in [1.165, 1.54) is 0 Å². The van der Waals surface area contributed by atoms with Gasteiger partial charge in [0.25, 0.3) is 5.91 Å². The molecule has 100 valence electrons. The summed E-state index contributed by atoms with van der Waals surface area (Å²) in [5.74, 6) is -0.0390. The smallest absolute Gasteiger partial charge is 0.268 e. The van der Waals surface area contributed by atoms with Gasteiger partial charge >= 0.3 is 0 Å². The first-order valence-electron chi connectivity index (χ1n) is 6.46. The molecule has 0 aromatic carbocycles. The first-order chi connectivity index (χ1) is 8.68. The van der Waals surface area contributed by atoms with Crippen LogP contribution in [0.5, 0.6) is 0 Å².